The van der Waals surface area contributed by atoms with Gasteiger partial charge in [0.05, 0.1) is 24.5 Å². The largest absolute Gasteiger partial charge is 0.458 e. The zero-order valence-corrected chi connectivity index (χ0v) is 49.0. The van der Waals surface area contributed by atoms with Crippen LogP contribution in [0.1, 0.15) is 146 Å². The van der Waals surface area contributed by atoms with E-state index in [1.165, 1.54) is 47.5 Å². The van der Waals surface area contributed by atoms with Gasteiger partial charge in [0.25, 0.3) is 0 Å². The fraction of sp³-hybridized carbons (Fsp3) is 0.724. The van der Waals surface area contributed by atoms with Crippen LogP contribution in [-0.2, 0) is 63.8 Å². The highest BCUT2D eigenvalue weighted by atomic mass is 16.6. The van der Waals surface area contributed by atoms with E-state index in [1.54, 1.807) is 53.7 Å². The minimum atomic E-state index is -1.71. The maximum atomic E-state index is 15.0. The van der Waals surface area contributed by atoms with E-state index >= 15 is 4.79 Å². The lowest BCUT2D eigenvalue weighted by Gasteiger charge is -2.36. The Bertz CT molecular complexity index is 2300. The van der Waals surface area contributed by atoms with Gasteiger partial charge in [0.15, 0.2) is 11.9 Å². The topological polar surface area (TPSA) is 258 Å². The van der Waals surface area contributed by atoms with Crippen molar-refractivity contribution in [1.29, 1.82) is 0 Å². The number of likely N-dealkylation sites (tertiary alicyclic amines) is 1. The number of hydrogen-bond donors (Lipinski definition) is 4. The molecule has 1 aromatic carbocycles. The number of likely N-dealkylation sites (N-methyl/N-ethyl adjacent to an activating group) is 2. The van der Waals surface area contributed by atoms with Gasteiger partial charge < -0.3 is 50.1 Å². The molecule has 0 spiro atoms. The lowest BCUT2D eigenvalue weighted by atomic mass is 9.91. The van der Waals surface area contributed by atoms with Gasteiger partial charge in [-0.25, -0.2) is 4.79 Å². The van der Waals surface area contributed by atoms with Gasteiger partial charge in [-0.3, -0.25) is 43.2 Å². The fourth-order valence-corrected chi connectivity index (χ4v) is 10.6. The molecule has 3 heterocycles. The van der Waals surface area contributed by atoms with Crippen LogP contribution in [0, 0.1) is 42.4 Å². The van der Waals surface area contributed by atoms with Crippen molar-refractivity contribution in [3.8, 4) is 0 Å². The minimum Gasteiger partial charge on any atom is -0.458 e. The molecule has 20 heteroatoms. The molecular formula is C58H91N7O13. The first-order valence-electron chi connectivity index (χ1n) is 28.2. The number of benzene rings is 1. The van der Waals surface area contributed by atoms with Crippen molar-refractivity contribution >= 4 is 59.1 Å². The second kappa shape index (κ2) is 28.8. The van der Waals surface area contributed by atoms with Crippen molar-refractivity contribution < 1.29 is 62.5 Å². The van der Waals surface area contributed by atoms with Gasteiger partial charge in [0, 0.05) is 39.5 Å². The summed E-state index contributed by atoms with van der Waals surface area (Å²) in [4.78, 5) is 149. The van der Waals surface area contributed by atoms with Crippen LogP contribution >= 0.6 is 0 Å². The molecule has 3 aliphatic rings. The number of fused-ring (bicyclic) bond motifs is 1. The molecule has 1 aromatic rings. The molecule has 3 fully saturated rings. The quantitative estimate of drug-likeness (QED) is 0.153. The molecule has 0 radical (unpaired) electrons. The van der Waals surface area contributed by atoms with Crippen molar-refractivity contribution in [1.82, 2.24) is 35.6 Å². The van der Waals surface area contributed by atoms with Gasteiger partial charge in [-0.05, 0) is 88.5 Å². The molecule has 3 aliphatic heterocycles. The summed E-state index contributed by atoms with van der Waals surface area (Å²) in [6.07, 6.45) is -3.05. The zero-order valence-electron chi connectivity index (χ0n) is 49.0. The highest BCUT2D eigenvalue weighted by Gasteiger charge is 2.46. The summed E-state index contributed by atoms with van der Waals surface area (Å²) in [7, 11) is 2.90. The van der Waals surface area contributed by atoms with E-state index in [1.807, 2.05) is 46.8 Å². The molecule has 78 heavy (non-hydrogen) atoms. The number of carbonyl (C=O) groups is 10. The van der Waals surface area contributed by atoms with Crippen LogP contribution in [0.4, 0.5) is 0 Å². The number of aryl methyl sites for hydroxylation is 1. The molecule has 12 atom stereocenters. The standard InChI is InChI=1S/C58H91N7O13/c1-16-36(11)47-45(66)30-46(67)78-50(33(6)7)49(68)37(12)51(69)59-40(27-31(2)3)55(73)65-26-18-20-42(65)57(75)63(15)44(29-39-23-21-35(10)22-24-39)58(76)77-38(13)48(53(71)60-47)61-52(70)43(28-32(4)5)62(14)56(74)41-19-17-25-64(41)54(72)34(8)9/h21-24,31-34,36-38,40-45,47-48,50,66H,16-20,25-30H2,1-15H3,(H,59,69)(H,60,71)(H,61,70)/t36-,37-,38+,40?,41?,42-,43-,44-,45-,47-,48-,50-/m1/s1. The number of ether oxygens (including phenoxy) is 2. The zero-order chi connectivity index (χ0) is 58.6. The van der Waals surface area contributed by atoms with E-state index in [0.717, 1.165) is 5.56 Å². The van der Waals surface area contributed by atoms with E-state index < -0.39 is 138 Å². The Morgan fingerprint density at radius 1 is 0.833 bits per heavy atom. The molecule has 0 aromatic heterocycles. The maximum absolute atomic E-state index is 15.0. The lowest BCUT2D eigenvalue weighted by molar-refractivity contribution is -0.163. The normalized spacial score (nSPS) is 27.6. The number of nitrogens with zero attached hydrogens (tertiary/aromatic N) is 4. The molecule has 0 saturated carbocycles. The first kappa shape index (κ1) is 64.6. The number of nitrogens with one attached hydrogen (secondary N) is 3. The Balaban J connectivity index is 1.88. The van der Waals surface area contributed by atoms with Gasteiger partial charge in [0.1, 0.15) is 42.4 Å². The Kier molecular flexibility index (Phi) is 23.9. The van der Waals surface area contributed by atoms with Gasteiger partial charge >= 0.3 is 11.9 Å². The van der Waals surface area contributed by atoms with E-state index in [2.05, 4.69) is 16.0 Å². The Morgan fingerprint density at radius 3 is 2.04 bits per heavy atom. The predicted molar refractivity (Wildman–Crippen MR) is 292 cm³/mol. The van der Waals surface area contributed by atoms with E-state index in [9.17, 15) is 48.3 Å². The minimum absolute atomic E-state index is 0.0630. The van der Waals surface area contributed by atoms with Gasteiger partial charge in [-0.2, -0.15) is 0 Å². The number of esters is 2. The van der Waals surface area contributed by atoms with Crippen molar-refractivity contribution in [3.05, 3.63) is 35.4 Å². The predicted octanol–water partition coefficient (Wildman–Crippen LogP) is 3.89. The molecule has 20 nitrogen and oxygen atoms in total. The lowest BCUT2D eigenvalue weighted by Crippen LogP contribution is -2.62. The number of amides is 7. The Morgan fingerprint density at radius 2 is 1.46 bits per heavy atom. The third-order valence-corrected chi connectivity index (χ3v) is 15.6. The third kappa shape index (κ3) is 16.6. The van der Waals surface area contributed by atoms with Gasteiger partial charge in [-0.15, -0.1) is 0 Å². The summed E-state index contributed by atoms with van der Waals surface area (Å²) in [6.45, 7) is 22.9. The molecule has 2 unspecified atom stereocenters. The Hall–Kier alpha value is -5.92. The summed E-state index contributed by atoms with van der Waals surface area (Å²) in [5, 5.41) is 20.2. The van der Waals surface area contributed by atoms with E-state index in [-0.39, 0.29) is 55.9 Å². The van der Waals surface area contributed by atoms with Crippen molar-refractivity contribution in [2.24, 2.45) is 35.5 Å². The van der Waals surface area contributed by atoms with Crippen LogP contribution in [-0.4, -0.2) is 172 Å². The molecule has 0 bridgehead atoms. The van der Waals surface area contributed by atoms with E-state index in [4.69, 9.17) is 9.47 Å². The van der Waals surface area contributed by atoms with Crippen molar-refractivity contribution in [2.45, 2.75) is 208 Å². The summed E-state index contributed by atoms with van der Waals surface area (Å²) in [5.74, 6) is -10.2. The first-order chi connectivity index (χ1) is 36.5. The Labute approximate surface area is 462 Å². The summed E-state index contributed by atoms with van der Waals surface area (Å²) >= 11 is 0. The van der Waals surface area contributed by atoms with Crippen LogP contribution in [0.15, 0.2) is 24.3 Å². The fourth-order valence-electron chi connectivity index (χ4n) is 10.6. The van der Waals surface area contributed by atoms with Crippen LogP contribution in [0.2, 0.25) is 0 Å². The number of hydrogen-bond acceptors (Lipinski definition) is 13. The van der Waals surface area contributed by atoms with Crippen LogP contribution < -0.4 is 16.0 Å². The molecule has 0 aliphatic carbocycles. The molecular weight excluding hydrogens is 1000 g/mol. The number of aliphatic hydroxyl groups is 1. The smallest absolute Gasteiger partial charge is 0.329 e. The summed E-state index contributed by atoms with van der Waals surface area (Å²) < 4.78 is 11.9. The third-order valence-electron chi connectivity index (χ3n) is 15.6. The van der Waals surface area contributed by atoms with Gasteiger partial charge in [-0.1, -0.05) is 105 Å². The second-order valence-corrected chi connectivity index (χ2v) is 23.6. The molecule has 4 rings (SSSR count). The number of carbonyl (C=O) groups excluding carboxylic acids is 10. The monoisotopic (exact) mass is 1090 g/mol. The summed E-state index contributed by atoms with van der Waals surface area (Å²) in [5.41, 5.74) is 1.59. The maximum Gasteiger partial charge on any atom is 0.329 e. The molecule has 436 valence electrons. The second-order valence-electron chi connectivity index (χ2n) is 23.6. The SMILES string of the molecule is CC[C@@H](C)[C@H]1NC(=O)[C@H](NC(=O)[C@@H](CC(C)C)N(C)C(=O)C2CCCN2C(=O)C(C)C)[C@H](C)OC(=O)[C@@H](Cc2ccc(C)cc2)N(C)C(=O)[C@H]2CCCN2C(=O)C(CC(C)C)NC(=O)[C@H](C)C(=O)[C@@H](C(C)C)OC(=O)C[C@H]1O. The van der Waals surface area contributed by atoms with Crippen LogP contribution in [0.5, 0.6) is 0 Å². The molecule has 7 amide bonds. The van der Waals surface area contributed by atoms with E-state index in [0.29, 0.717) is 37.8 Å². The highest BCUT2D eigenvalue weighted by molar-refractivity contribution is 6.05. The molecule has 3 saturated heterocycles. The number of cyclic esters (lactones) is 2. The average molecular weight is 1090 g/mol. The number of rotatable bonds is 14. The highest BCUT2D eigenvalue weighted by Crippen LogP contribution is 2.27. The number of Topliss-reactive ketones (excluding diaryl/α,β-unsaturated/α-hetero) is 1. The number of aliphatic hydroxyl groups excluding tert-OH is 1. The first-order valence-corrected chi connectivity index (χ1v) is 28.2. The number of ketones is 1. The van der Waals surface area contributed by atoms with Crippen LogP contribution in [0.25, 0.3) is 0 Å². The van der Waals surface area contributed by atoms with Gasteiger partial charge in [0.2, 0.25) is 41.4 Å². The van der Waals surface area contributed by atoms with Crippen LogP contribution in [0.3, 0.4) is 0 Å². The summed E-state index contributed by atoms with van der Waals surface area (Å²) in [6, 6.07) is -1.18. The van der Waals surface area contributed by atoms with Crippen molar-refractivity contribution in [2.75, 3.05) is 27.2 Å². The molecule has 4 N–H and O–H groups in total. The van der Waals surface area contributed by atoms with Crippen molar-refractivity contribution in [3.63, 3.8) is 0 Å². The average Bonchev–Trinajstić information content (AvgIpc) is 4.08.